The standard InChI is InChI=1S/C14H20N2O.ClH/c15-10-5-9-14(17)16-11-4-3-7-12-6-1-2-8-13(12)16;/h1-2,6,8H,3-5,7,9-11,15H2;1H. The maximum atomic E-state index is 12.1. The Morgan fingerprint density at radius 2 is 2.06 bits per heavy atom. The molecule has 0 atom stereocenters. The molecule has 100 valence electrons. The second-order valence-electron chi connectivity index (χ2n) is 4.52. The molecule has 0 aromatic heterocycles. The first-order valence-corrected chi connectivity index (χ1v) is 6.41. The fraction of sp³-hybridized carbons (Fsp3) is 0.500. The molecule has 1 heterocycles. The number of nitrogens with zero attached hydrogens (tertiary/aromatic N) is 1. The monoisotopic (exact) mass is 268 g/mol. The average molecular weight is 269 g/mol. The molecule has 1 aliphatic heterocycles. The van der Waals surface area contributed by atoms with Crippen molar-refractivity contribution < 1.29 is 4.79 Å². The van der Waals surface area contributed by atoms with Crippen LogP contribution in [0.5, 0.6) is 0 Å². The summed E-state index contributed by atoms with van der Waals surface area (Å²) in [6, 6.07) is 8.24. The SMILES string of the molecule is Cl.NCCCC(=O)N1CCCCc2ccccc21. The molecule has 3 nitrogen and oxygen atoms in total. The van der Waals surface area contributed by atoms with Crippen LogP contribution >= 0.6 is 12.4 Å². The van der Waals surface area contributed by atoms with Crippen LogP contribution < -0.4 is 10.6 Å². The van der Waals surface area contributed by atoms with Crippen molar-refractivity contribution in [3.8, 4) is 0 Å². The summed E-state index contributed by atoms with van der Waals surface area (Å²) < 4.78 is 0. The zero-order valence-corrected chi connectivity index (χ0v) is 11.4. The molecule has 0 unspecified atom stereocenters. The first kappa shape index (κ1) is 15.0. The van der Waals surface area contributed by atoms with Crippen LogP contribution in [0.25, 0.3) is 0 Å². The van der Waals surface area contributed by atoms with Gasteiger partial charge in [-0.15, -0.1) is 12.4 Å². The minimum atomic E-state index is 0. The van der Waals surface area contributed by atoms with Crippen LogP contribution in [-0.4, -0.2) is 19.0 Å². The van der Waals surface area contributed by atoms with Crippen LogP contribution in [0.1, 0.15) is 31.2 Å². The summed E-state index contributed by atoms with van der Waals surface area (Å²) >= 11 is 0. The minimum Gasteiger partial charge on any atom is -0.330 e. The molecular weight excluding hydrogens is 248 g/mol. The van der Waals surface area contributed by atoms with Gasteiger partial charge in [0.25, 0.3) is 0 Å². The van der Waals surface area contributed by atoms with Crippen molar-refractivity contribution in [1.82, 2.24) is 0 Å². The highest BCUT2D eigenvalue weighted by atomic mass is 35.5. The fourth-order valence-corrected chi connectivity index (χ4v) is 2.34. The molecule has 2 rings (SSSR count). The highest BCUT2D eigenvalue weighted by molar-refractivity contribution is 5.94. The third-order valence-electron chi connectivity index (χ3n) is 3.26. The van der Waals surface area contributed by atoms with Gasteiger partial charge in [0.05, 0.1) is 0 Å². The van der Waals surface area contributed by atoms with Gasteiger partial charge < -0.3 is 10.6 Å². The van der Waals surface area contributed by atoms with Gasteiger partial charge in [0, 0.05) is 18.7 Å². The fourth-order valence-electron chi connectivity index (χ4n) is 2.34. The van der Waals surface area contributed by atoms with Crippen LogP contribution in [0.15, 0.2) is 24.3 Å². The lowest BCUT2D eigenvalue weighted by atomic mass is 10.1. The highest BCUT2D eigenvalue weighted by Gasteiger charge is 2.19. The topological polar surface area (TPSA) is 46.3 Å². The maximum absolute atomic E-state index is 12.1. The molecule has 0 radical (unpaired) electrons. The molecule has 0 fully saturated rings. The van der Waals surface area contributed by atoms with Crippen molar-refractivity contribution >= 4 is 24.0 Å². The van der Waals surface area contributed by atoms with E-state index in [2.05, 4.69) is 12.1 Å². The van der Waals surface area contributed by atoms with Crippen LogP contribution in [0.2, 0.25) is 0 Å². The molecule has 0 saturated heterocycles. The zero-order chi connectivity index (χ0) is 12.1. The van der Waals surface area contributed by atoms with Gasteiger partial charge in [-0.05, 0) is 43.9 Å². The Hall–Kier alpha value is -1.06. The van der Waals surface area contributed by atoms with Crippen LogP contribution in [0.4, 0.5) is 5.69 Å². The average Bonchev–Trinajstić information content (AvgIpc) is 2.58. The lowest BCUT2D eigenvalue weighted by Gasteiger charge is -2.22. The zero-order valence-electron chi connectivity index (χ0n) is 10.6. The summed E-state index contributed by atoms with van der Waals surface area (Å²) in [6.07, 6.45) is 4.67. The number of carbonyl (C=O) groups excluding carboxylic acids is 1. The van der Waals surface area contributed by atoms with Gasteiger partial charge >= 0.3 is 0 Å². The summed E-state index contributed by atoms with van der Waals surface area (Å²) in [4.78, 5) is 14.1. The molecule has 0 spiro atoms. The van der Waals surface area contributed by atoms with Gasteiger partial charge in [0.15, 0.2) is 0 Å². The number of hydrogen-bond acceptors (Lipinski definition) is 2. The Balaban J connectivity index is 0.00000162. The number of hydrogen-bond donors (Lipinski definition) is 1. The minimum absolute atomic E-state index is 0. The van der Waals surface area contributed by atoms with Crippen molar-refractivity contribution in [2.45, 2.75) is 32.1 Å². The van der Waals surface area contributed by atoms with E-state index in [9.17, 15) is 4.79 Å². The Kier molecular flexibility index (Phi) is 6.16. The van der Waals surface area contributed by atoms with Crippen molar-refractivity contribution in [3.05, 3.63) is 29.8 Å². The molecule has 18 heavy (non-hydrogen) atoms. The van der Waals surface area contributed by atoms with Crippen molar-refractivity contribution in [2.75, 3.05) is 18.0 Å². The second-order valence-corrected chi connectivity index (χ2v) is 4.52. The second kappa shape index (κ2) is 7.39. The van der Waals surface area contributed by atoms with Crippen LogP contribution in [-0.2, 0) is 11.2 Å². The highest BCUT2D eigenvalue weighted by Crippen LogP contribution is 2.26. The van der Waals surface area contributed by atoms with E-state index >= 15 is 0 Å². The number of para-hydroxylation sites is 1. The quantitative estimate of drug-likeness (QED) is 0.916. The van der Waals surface area contributed by atoms with E-state index < -0.39 is 0 Å². The summed E-state index contributed by atoms with van der Waals surface area (Å²) in [5, 5.41) is 0. The van der Waals surface area contributed by atoms with Gasteiger partial charge in [0.2, 0.25) is 5.91 Å². The number of rotatable bonds is 3. The van der Waals surface area contributed by atoms with Crippen molar-refractivity contribution in [2.24, 2.45) is 5.73 Å². The van der Waals surface area contributed by atoms with Gasteiger partial charge in [-0.1, -0.05) is 18.2 Å². The molecule has 0 saturated carbocycles. The largest absolute Gasteiger partial charge is 0.330 e. The number of amides is 1. The molecule has 2 N–H and O–H groups in total. The van der Waals surface area contributed by atoms with Crippen molar-refractivity contribution in [1.29, 1.82) is 0 Å². The van der Waals surface area contributed by atoms with Gasteiger partial charge in [0.1, 0.15) is 0 Å². The van der Waals surface area contributed by atoms with E-state index in [4.69, 9.17) is 5.73 Å². The Labute approximate surface area is 115 Å². The lowest BCUT2D eigenvalue weighted by Crippen LogP contribution is -2.31. The van der Waals surface area contributed by atoms with E-state index in [-0.39, 0.29) is 18.3 Å². The maximum Gasteiger partial charge on any atom is 0.227 e. The number of fused-ring (bicyclic) bond motifs is 1. The summed E-state index contributed by atoms with van der Waals surface area (Å²) in [7, 11) is 0. The van der Waals surface area contributed by atoms with E-state index in [1.54, 1.807) is 0 Å². The smallest absolute Gasteiger partial charge is 0.227 e. The third-order valence-corrected chi connectivity index (χ3v) is 3.26. The van der Waals surface area contributed by atoms with Gasteiger partial charge in [-0.3, -0.25) is 4.79 Å². The van der Waals surface area contributed by atoms with E-state index in [0.717, 1.165) is 37.9 Å². The molecule has 1 aromatic carbocycles. The molecular formula is C14H21ClN2O. The molecule has 0 bridgehead atoms. The van der Waals surface area contributed by atoms with Gasteiger partial charge in [-0.25, -0.2) is 0 Å². The van der Waals surface area contributed by atoms with Crippen LogP contribution in [0.3, 0.4) is 0 Å². The number of nitrogens with two attached hydrogens (primary N) is 1. The van der Waals surface area contributed by atoms with Crippen LogP contribution in [0, 0.1) is 0 Å². The number of carbonyl (C=O) groups is 1. The first-order valence-electron chi connectivity index (χ1n) is 6.41. The normalized spacial score (nSPS) is 14.4. The van der Waals surface area contributed by atoms with Gasteiger partial charge in [-0.2, -0.15) is 0 Å². The number of anilines is 1. The third kappa shape index (κ3) is 3.47. The predicted molar refractivity (Wildman–Crippen MR) is 77.3 cm³/mol. The predicted octanol–water partition coefficient (Wildman–Crippen LogP) is 2.52. The molecule has 0 aliphatic carbocycles. The summed E-state index contributed by atoms with van der Waals surface area (Å²) in [6.45, 7) is 1.43. The van der Waals surface area contributed by atoms with E-state index in [1.165, 1.54) is 5.56 Å². The summed E-state index contributed by atoms with van der Waals surface area (Å²) in [5.41, 5.74) is 7.86. The van der Waals surface area contributed by atoms with E-state index in [0.29, 0.717) is 13.0 Å². The first-order chi connectivity index (χ1) is 8.33. The summed E-state index contributed by atoms with van der Waals surface area (Å²) in [5.74, 6) is 0.213. The lowest BCUT2D eigenvalue weighted by molar-refractivity contribution is -0.118. The molecule has 1 aromatic rings. The molecule has 1 amide bonds. The Morgan fingerprint density at radius 3 is 2.83 bits per heavy atom. The Morgan fingerprint density at radius 1 is 1.28 bits per heavy atom. The molecule has 1 aliphatic rings. The number of halogens is 1. The van der Waals surface area contributed by atoms with Crippen molar-refractivity contribution in [3.63, 3.8) is 0 Å². The molecule has 4 heteroatoms. The number of benzene rings is 1. The van der Waals surface area contributed by atoms with E-state index in [1.807, 2.05) is 17.0 Å². The number of aryl methyl sites for hydroxylation is 1. The Bertz CT molecular complexity index is 395.